The van der Waals surface area contributed by atoms with E-state index < -0.39 is 0 Å². The lowest BCUT2D eigenvalue weighted by Gasteiger charge is -2.04. The number of rotatable bonds is 5. The molecule has 6 heteroatoms. The lowest BCUT2D eigenvalue weighted by molar-refractivity contribution is 0.134. The second-order valence-corrected chi connectivity index (χ2v) is 7.51. The quantitative estimate of drug-likeness (QED) is 0.484. The van der Waals surface area contributed by atoms with E-state index in [0.29, 0.717) is 34.3 Å². The van der Waals surface area contributed by atoms with Crippen LogP contribution in [-0.2, 0) is 11.3 Å². The standard InChI is InChI=1S/C21H17ClN2O2S/c1-2-26-12-13-7-9-14(10-8-13)20-23-17-11-18(27-19(17)21(25)24-20)15-5-3-4-6-16(15)22/h3-11H,2,12H2,1H3,(H,23,24,25). The Kier molecular flexibility index (Phi) is 5.07. The SMILES string of the molecule is CCOCc1ccc(-c2nc3cc(-c4ccccc4Cl)sc3c(=O)[nH]2)cc1. The number of benzene rings is 2. The lowest BCUT2D eigenvalue weighted by atomic mass is 10.1. The zero-order chi connectivity index (χ0) is 18.8. The van der Waals surface area contributed by atoms with Gasteiger partial charge >= 0.3 is 0 Å². The van der Waals surface area contributed by atoms with E-state index in [-0.39, 0.29) is 5.56 Å². The highest BCUT2D eigenvalue weighted by atomic mass is 35.5. The summed E-state index contributed by atoms with van der Waals surface area (Å²) in [4.78, 5) is 21.0. The van der Waals surface area contributed by atoms with Gasteiger partial charge in [0.1, 0.15) is 10.5 Å². The molecule has 0 aliphatic heterocycles. The Morgan fingerprint density at radius 1 is 1.15 bits per heavy atom. The molecule has 0 spiro atoms. The van der Waals surface area contributed by atoms with Crippen LogP contribution >= 0.6 is 22.9 Å². The molecule has 136 valence electrons. The Hall–Kier alpha value is -2.47. The number of fused-ring (bicyclic) bond motifs is 1. The average molecular weight is 397 g/mol. The summed E-state index contributed by atoms with van der Waals surface area (Å²) in [5, 5.41) is 0.658. The molecule has 0 bridgehead atoms. The molecule has 2 heterocycles. The van der Waals surface area contributed by atoms with E-state index in [1.807, 2.05) is 61.5 Å². The van der Waals surface area contributed by atoms with E-state index in [1.54, 1.807) is 0 Å². The Morgan fingerprint density at radius 3 is 2.67 bits per heavy atom. The Morgan fingerprint density at radius 2 is 1.93 bits per heavy atom. The zero-order valence-corrected chi connectivity index (χ0v) is 16.2. The van der Waals surface area contributed by atoms with Crippen LogP contribution < -0.4 is 5.56 Å². The van der Waals surface area contributed by atoms with Crippen LogP contribution in [0, 0.1) is 0 Å². The summed E-state index contributed by atoms with van der Waals surface area (Å²) >= 11 is 7.69. The monoisotopic (exact) mass is 396 g/mol. The number of aromatic nitrogens is 2. The molecule has 0 radical (unpaired) electrons. The van der Waals surface area contributed by atoms with Crippen LogP contribution in [0.2, 0.25) is 5.02 Å². The van der Waals surface area contributed by atoms with Crippen molar-refractivity contribution in [2.45, 2.75) is 13.5 Å². The number of halogens is 1. The van der Waals surface area contributed by atoms with Gasteiger partial charge in [0.15, 0.2) is 0 Å². The van der Waals surface area contributed by atoms with Crippen LogP contribution in [0.4, 0.5) is 0 Å². The fourth-order valence-electron chi connectivity index (χ4n) is 2.85. The summed E-state index contributed by atoms with van der Waals surface area (Å²) in [6.07, 6.45) is 0. The minimum Gasteiger partial charge on any atom is -0.377 e. The first-order valence-corrected chi connectivity index (χ1v) is 9.81. The lowest BCUT2D eigenvalue weighted by Crippen LogP contribution is -2.07. The summed E-state index contributed by atoms with van der Waals surface area (Å²) < 4.78 is 6.01. The molecule has 0 fully saturated rings. The summed E-state index contributed by atoms with van der Waals surface area (Å²) in [6, 6.07) is 17.4. The average Bonchev–Trinajstić information content (AvgIpc) is 3.11. The van der Waals surface area contributed by atoms with Crippen molar-refractivity contribution in [3.05, 3.63) is 75.5 Å². The highest BCUT2D eigenvalue weighted by Crippen LogP contribution is 2.35. The first-order valence-electron chi connectivity index (χ1n) is 8.61. The molecule has 0 saturated heterocycles. The fourth-order valence-corrected chi connectivity index (χ4v) is 4.17. The molecule has 4 aromatic rings. The van der Waals surface area contributed by atoms with Crippen LogP contribution in [0.5, 0.6) is 0 Å². The maximum atomic E-state index is 12.6. The predicted octanol–water partition coefficient (Wildman–Crippen LogP) is 5.51. The van der Waals surface area contributed by atoms with Crippen molar-refractivity contribution in [3.8, 4) is 21.8 Å². The van der Waals surface area contributed by atoms with E-state index in [4.69, 9.17) is 16.3 Å². The van der Waals surface area contributed by atoms with Gasteiger partial charge in [0.2, 0.25) is 0 Å². The molecule has 0 aliphatic rings. The zero-order valence-electron chi connectivity index (χ0n) is 14.7. The van der Waals surface area contributed by atoms with Crippen molar-refractivity contribution >= 4 is 33.2 Å². The summed E-state index contributed by atoms with van der Waals surface area (Å²) in [5.74, 6) is 0.555. The minimum atomic E-state index is -0.142. The number of hydrogen-bond acceptors (Lipinski definition) is 4. The fraction of sp³-hybridized carbons (Fsp3) is 0.143. The van der Waals surface area contributed by atoms with Crippen molar-refractivity contribution in [1.82, 2.24) is 9.97 Å². The number of nitrogens with zero attached hydrogens (tertiary/aromatic N) is 1. The van der Waals surface area contributed by atoms with Crippen molar-refractivity contribution < 1.29 is 4.74 Å². The van der Waals surface area contributed by atoms with Gasteiger partial charge in [0.25, 0.3) is 5.56 Å². The molecule has 0 amide bonds. The van der Waals surface area contributed by atoms with Gasteiger partial charge in [-0.3, -0.25) is 4.79 Å². The van der Waals surface area contributed by atoms with Crippen LogP contribution in [0.1, 0.15) is 12.5 Å². The van der Waals surface area contributed by atoms with Gasteiger partial charge in [0, 0.05) is 27.6 Å². The van der Waals surface area contributed by atoms with Gasteiger partial charge in [0.05, 0.1) is 12.1 Å². The number of aromatic amines is 1. The summed E-state index contributed by atoms with van der Waals surface area (Å²) in [7, 11) is 0. The van der Waals surface area contributed by atoms with Crippen LogP contribution in [-0.4, -0.2) is 16.6 Å². The topological polar surface area (TPSA) is 55.0 Å². The molecule has 0 atom stereocenters. The third-order valence-corrected chi connectivity index (χ3v) is 5.71. The van der Waals surface area contributed by atoms with Crippen LogP contribution in [0.3, 0.4) is 0 Å². The van der Waals surface area contributed by atoms with E-state index >= 15 is 0 Å². The van der Waals surface area contributed by atoms with Gasteiger partial charge in [-0.1, -0.05) is 54.1 Å². The third kappa shape index (κ3) is 3.67. The first kappa shape index (κ1) is 17.9. The Labute approximate surface area is 165 Å². The van der Waals surface area contributed by atoms with E-state index in [0.717, 1.165) is 21.6 Å². The first-order chi connectivity index (χ1) is 13.2. The van der Waals surface area contributed by atoms with Gasteiger partial charge in [-0.2, -0.15) is 0 Å². The van der Waals surface area contributed by atoms with Crippen molar-refractivity contribution in [2.75, 3.05) is 6.61 Å². The molecule has 4 rings (SSSR count). The normalized spacial score (nSPS) is 11.2. The second-order valence-electron chi connectivity index (χ2n) is 6.05. The Bertz CT molecular complexity index is 1150. The molecular formula is C21H17ClN2O2S. The largest absolute Gasteiger partial charge is 0.377 e. The van der Waals surface area contributed by atoms with Gasteiger partial charge < -0.3 is 9.72 Å². The molecule has 1 N–H and O–H groups in total. The van der Waals surface area contributed by atoms with Crippen molar-refractivity contribution in [2.24, 2.45) is 0 Å². The summed E-state index contributed by atoms with van der Waals surface area (Å²) in [5.41, 5.74) is 3.38. The molecule has 27 heavy (non-hydrogen) atoms. The third-order valence-electron chi connectivity index (χ3n) is 4.22. The van der Waals surface area contributed by atoms with E-state index in [2.05, 4.69) is 9.97 Å². The second kappa shape index (κ2) is 7.64. The highest BCUT2D eigenvalue weighted by Gasteiger charge is 2.13. The highest BCUT2D eigenvalue weighted by molar-refractivity contribution is 7.22. The van der Waals surface area contributed by atoms with Gasteiger partial charge in [-0.15, -0.1) is 11.3 Å². The molecule has 0 unspecified atom stereocenters. The molecular weight excluding hydrogens is 380 g/mol. The number of nitrogens with one attached hydrogen (secondary N) is 1. The number of hydrogen-bond donors (Lipinski definition) is 1. The Balaban J connectivity index is 1.73. The van der Waals surface area contributed by atoms with Crippen molar-refractivity contribution in [1.29, 1.82) is 0 Å². The van der Waals surface area contributed by atoms with Crippen LogP contribution in [0.15, 0.2) is 59.4 Å². The smallest absolute Gasteiger partial charge is 0.269 e. The minimum absolute atomic E-state index is 0.142. The molecule has 2 aromatic carbocycles. The molecule has 0 aliphatic carbocycles. The summed E-state index contributed by atoms with van der Waals surface area (Å²) in [6.45, 7) is 3.22. The van der Waals surface area contributed by atoms with Crippen LogP contribution in [0.25, 0.3) is 32.0 Å². The maximum absolute atomic E-state index is 12.6. The van der Waals surface area contributed by atoms with Gasteiger partial charge in [-0.25, -0.2) is 4.98 Å². The van der Waals surface area contributed by atoms with Gasteiger partial charge in [-0.05, 0) is 24.6 Å². The maximum Gasteiger partial charge on any atom is 0.269 e. The molecule has 0 saturated carbocycles. The number of H-pyrrole nitrogens is 1. The number of ether oxygens (including phenoxy) is 1. The number of thiophene rings is 1. The van der Waals surface area contributed by atoms with E-state index in [9.17, 15) is 4.79 Å². The van der Waals surface area contributed by atoms with Crippen molar-refractivity contribution in [3.63, 3.8) is 0 Å². The van der Waals surface area contributed by atoms with E-state index in [1.165, 1.54) is 11.3 Å². The molecule has 4 nitrogen and oxygen atoms in total. The molecule has 2 aromatic heterocycles. The predicted molar refractivity (Wildman–Crippen MR) is 111 cm³/mol.